The van der Waals surface area contributed by atoms with Crippen LogP contribution in [0.4, 0.5) is 5.82 Å². The third-order valence-electron chi connectivity index (χ3n) is 2.58. The van der Waals surface area contributed by atoms with Gasteiger partial charge < -0.3 is 9.84 Å². The molecule has 0 saturated heterocycles. The van der Waals surface area contributed by atoms with Crippen LogP contribution in [0.5, 0.6) is 0 Å². The van der Waals surface area contributed by atoms with E-state index in [1.54, 1.807) is 18.0 Å². The Morgan fingerprint density at radius 3 is 2.95 bits per heavy atom. The molecule has 0 aliphatic carbocycles. The van der Waals surface area contributed by atoms with Gasteiger partial charge in [0.25, 0.3) is 5.89 Å². The monoisotopic (exact) mass is 278 g/mol. The molecule has 0 unspecified atom stereocenters. The van der Waals surface area contributed by atoms with Crippen LogP contribution in [0, 0.1) is 0 Å². The van der Waals surface area contributed by atoms with E-state index in [9.17, 15) is 0 Å². The first-order valence-electron chi connectivity index (χ1n) is 6.23. The van der Waals surface area contributed by atoms with Gasteiger partial charge in [-0.1, -0.05) is 19.0 Å². The van der Waals surface area contributed by atoms with Crippen LogP contribution < -0.4 is 5.32 Å². The highest BCUT2D eigenvalue weighted by molar-refractivity contribution is 7.98. The second-order valence-corrected chi connectivity index (χ2v) is 5.45. The number of hydrogen-bond donors (Lipinski definition) is 1. The van der Waals surface area contributed by atoms with Gasteiger partial charge in [-0.25, -0.2) is 4.98 Å². The SMILES string of the molecule is CSCCNc1cc(-c2nc(C(C)C)no2)ccn1. The third kappa shape index (κ3) is 3.70. The van der Waals surface area contributed by atoms with Crippen molar-refractivity contribution >= 4 is 17.6 Å². The van der Waals surface area contributed by atoms with Crippen LogP contribution >= 0.6 is 11.8 Å². The second kappa shape index (κ2) is 6.56. The first-order chi connectivity index (χ1) is 9.20. The predicted octanol–water partition coefficient (Wildman–Crippen LogP) is 3.03. The fourth-order valence-electron chi connectivity index (χ4n) is 1.53. The van der Waals surface area contributed by atoms with Gasteiger partial charge in [0.15, 0.2) is 5.82 Å². The molecule has 1 N–H and O–H groups in total. The summed E-state index contributed by atoms with van der Waals surface area (Å²) < 4.78 is 5.27. The highest BCUT2D eigenvalue weighted by Crippen LogP contribution is 2.21. The molecule has 2 aromatic heterocycles. The molecular formula is C13H18N4OS. The Balaban J connectivity index is 2.12. The smallest absolute Gasteiger partial charge is 0.258 e. The lowest BCUT2D eigenvalue weighted by atomic mass is 10.2. The van der Waals surface area contributed by atoms with Crippen LogP contribution in [0.25, 0.3) is 11.5 Å². The summed E-state index contributed by atoms with van der Waals surface area (Å²) in [7, 11) is 0. The number of rotatable bonds is 6. The summed E-state index contributed by atoms with van der Waals surface area (Å²) >= 11 is 1.80. The van der Waals surface area contributed by atoms with Gasteiger partial charge >= 0.3 is 0 Å². The van der Waals surface area contributed by atoms with Crippen molar-refractivity contribution in [1.82, 2.24) is 15.1 Å². The number of nitrogens with one attached hydrogen (secondary N) is 1. The Bertz CT molecular complexity index is 527. The summed E-state index contributed by atoms with van der Waals surface area (Å²) in [6.45, 7) is 4.96. The Hall–Kier alpha value is -1.56. The summed E-state index contributed by atoms with van der Waals surface area (Å²) in [6, 6.07) is 3.80. The Morgan fingerprint density at radius 2 is 2.26 bits per heavy atom. The summed E-state index contributed by atoms with van der Waals surface area (Å²) in [6.07, 6.45) is 3.83. The van der Waals surface area contributed by atoms with E-state index in [-0.39, 0.29) is 5.92 Å². The zero-order valence-electron chi connectivity index (χ0n) is 11.4. The molecule has 0 aliphatic heterocycles. The maximum absolute atomic E-state index is 5.27. The molecule has 5 nitrogen and oxygen atoms in total. The Kier molecular flexibility index (Phi) is 4.79. The second-order valence-electron chi connectivity index (χ2n) is 4.46. The topological polar surface area (TPSA) is 63.8 Å². The maximum Gasteiger partial charge on any atom is 0.258 e. The largest absolute Gasteiger partial charge is 0.369 e. The Morgan fingerprint density at radius 1 is 1.42 bits per heavy atom. The molecule has 0 amide bonds. The van der Waals surface area contributed by atoms with Crippen molar-refractivity contribution in [1.29, 1.82) is 0 Å². The molecule has 0 aromatic carbocycles. The summed E-state index contributed by atoms with van der Waals surface area (Å²) in [5, 5.41) is 7.23. The standard InChI is InChI=1S/C13H18N4OS/c1-9(2)12-16-13(18-17-12)10-4-5-14-11(8-10)15-6-7-19-3/h4-5,8-9H,6-7H2,1-3H3,(H,14,15). The first-order valence-corrected chi connectivity index (χ1v) is 7.63. The van der Waals surface area contributed by atoms with Gasteiger partial charge in [0, 0.05) is 30.0 Å². The lowest BCUT2D eigenvalue weighted by Gasteiger charge is -2.04. The van der Waals surface area contributed by atoms with E-state index in [0.717, 1.165) is 29.5 Å². The van der Waals surface area contributed by atoms with Crippen molar-refractivity contribution in [2.24, 2.45) is 0 Å². The van der Waals surface area contributed by atoms with Crippen molar-refractivity contribution in [3.63, 3.8) is 0 Å². The van der Waals surface area contributed by atoms with Crippen LogP contribution in [-0.2, 0) is 0 Å². The molecule has 0 aliphatic rings. The van der Waals surface area contributed by atoms with Gasteiger partial charge in [-0.3, -0.25) is 0 Å². The van der Waals surface area contributed by atoms with Crippen molar-refractivity contribution in [3.05, 3.63) is 24.2 Å². The molecule has 6 heteroatoms. The zero-order valence-corrected chi connectivity index (χ0v) is 12.2. The van der Waals surface area contributed by atoms with Crippen LogP contribution in [0.2, 0.25) is 0 Å². The minimum Gasteiger partial charge on any atom is -0.369 e. The van der Waals surface area contributed by atoms with Crippen molar-refractivity contribution in [2.75, 3.05) is 23.9 Å². The maximum atomic E-state index is 5.27. The van der Waals surface area contributed by atoms with E-state index in [2.05, 4.69) is 26.7 Å². The number of pyridine rings is 1. The van der Waals surface area contributed by atoms with Crippen LogP contribution in [-0.4, -0.2) is 33.7 Å². The molecule has 0 spiro atoms. The fourth-order valence-corrected chi connectivity index (χ4v) is 1.83. The highest BCUT2D eigenvalue weighted by atomic mass is 32.2. The van der Waals surface area contributed by atoms with E-state index in [1.165, 1.54) is 0 Å². The molecule has 2 heterocycles. The van der Waals surface area contributed by atoms with Crippen LogP contribution in [0.1, 0.15) is 25.6 Å². The molecule has 0 fully saturated rings. The molecule has 19 heavy (non-hydrogen) atoms. The lowest BCUT2D eigenvalue weighted by molar-refractivity contribution is 0.419. The number of hydrogen-bond acceptors (Lipinski definition) is 6. The highest BCUT2D eigenvalue weighted by Gasteiger charge is 2.11. The van der Waals surface area contributed by atoms with Crippen LogP contribution in [0.15, 0.2) is 22.9 Å². The van der Waals surface area contributed by atoms with Crippen molar-refractivity contribution < 1.29 is 4.52 Å². The number of aromatic nitrogens is 3. The summed E-state index contributed by atoms with van der Waals surface area (Å²) in [5.41, 5.74) is 0.890. The predicted molar refractivity (Wildman–Crippen MR) is 78.5 cm³/mol. The average Bonchev–Trinajstić information content (AvgIpc) is 2.89. The zero-order chi connectivity index (χ0) is 13.7. The quantitative estimate of drug-likeness (QED) is 0.819. The van der Waals surface area contributed by atoms with E-state index in [1.807, 2.05) is 26.0 Å². The average molecular weight is 278 g/mol. The van der Waals surface area contributed by atoms with Gasteiger partial charge in [0.2, 0.25) is 0 Å². The fraction of sp³-hybridized carbons (Fsp3) is 0.462. The van der Waals surface area contributed by atoms with Crippen LogP contribution in [0.3, 0.4) is 0 Å². The normalized spacial score (nSPS) is 10.9. The molecule has 0 radical (unpaired) electrons. The Labute approximate surface area is 117 Å². The molecule has 2 aromatic rings. The van der Waals surface area contributed by atoms with Gasteiger partial charge in [-0.2, -0.15) is 16.7 Å². The minimum absolute atomic E-state index is 0.263. The minimum atomic E-state index is 0.263. The third-order valence-corrected chi connectivity index (χ3v) is 3.19. The first kappa shape index (κ1) is 13.9. The lowest BCUT2D eigenvalue weighted by Crippen LogP contribution is -2.05. The number of thioether (sulfide) groups is 1. The van der Waals surface area contributed by atoms with E-state index < -0.39 is 0 Å². The molecule has 2 rings (SSSR count). The molecule has 0 bridgehead atoms. The van der Waals surface area contributed by atoms with Gasteiger partial charge in [-0.15, -0.1) is 0 Å². The van der Waals surface area contributed by atoms with E-state index in [4.69, 9.17) is 4.52 Å². The molecular weight excluding hydrogens is 260 g/mol. The van der Waals surface area contributed by atoms with E-state index in [0.29, 0.717) is 5.89 Å². The van der Waals surface area contributed by atoms with Gasteiger partial charge in [0.05, 0.1) is 0 Å². The molecule has 102 valence electrons. The summed E-state index contributed by atoms with van der Waals surface area (Å²) in [4.78, 5) is 8.65. The van der Waals surface area contributed by atoms with E-state index >= 15 is 0 Å². The van der Waals surface area contributed by atoms with Crippen molar-refractivity contribution in [3.8, 4) is 11.5 Å². The molecule has 0 atom stereocenters. The summed E-state index contributed by atoms with van der Waals surface area (Å²) in [5.74, 6) is 3.40. The molecule has 0 saturated carbocycles. The number of anilines is 1. The van der Waals surface area contributed by atoms with Gasteiger partial charge in [-0.05, 0) is 18.4 Å². The number of nitrogens with zero attached hydrogens (tertiary/aromatic N) is 3. The van der Waals surface area contributed by atoms with Gasteiger partial charge in [0.1, 0.15) is 5.82 Å². The van der Waals surface area contributed by atoms with Crippen molar-refractivity contribution in [2.45, 2.75) is 19.8 Å².